The van der Waals surface area contributed by atoms with Gasteiger partial charge in [0.05, 0.1) is 0 Å². The van der Waals surface area contributed by atoms with Crippen molar-refractivity contribution in [3.05, 3.63) is 21.9 Å². The summed E-state index contributed by atoms with van der Waals surface area (Å²) in [5, 5.41) is 8.69. The maximum absolute atomic E-state index is 12.4. The summed E-state index contributed by atoms with van der Waals surface area (Å²) in [6.07, 6.45) is 1.48. The molecule has 1 amide bonds. The molecule has 1 atom stereocenters. The van der Waals surface area contributed by atoms with E-state index in [1.807, 2.05) is 4.90 Å². The summed E-state index contributed by atoms with van der Waals surface area (Å²) in [5.41, 5.74) is 1.31. The van der Waals surface area contributed by atoms with E-state index in [1.165, 1.54) is 10.4 Å². The first-order valence-corrected chi connectivity index (χ1v) is 9.19. The lowest BCUT2D eigenvalue weighted by Gasteiger charge is -2.27. The van der Waals surface area contributed by atoms with E-state index < -0.39 is 0 Å². The van der Waals surface area contributed by atoms with Crippen molar-refractivity contribution in [2.45, 2.75) is 46.2 Å². The Balaban J connectivity index is 1.74. The van der Waals surface area contributed by atoms with Crippen LogP contribution in [0.2, 0.25) is 0 Å². The fraction of sp³-hybridized carbons (Fsp3) is 0.647. The summed E-state index contributed by atoms with van der Waals surface area (Å²) in [5.74, 6) is 1.50. The second-order valence-electron chi connectivity index (χ2n) is 6.36. The van der Waals surface area contributed by atoms with Crippen LogP contribution < -0.4 is 10.6 Å². The molecule has 0 aromatic carbocycles. The Kier molecular flexibility index (Phi) is 6.45. The van der Waals surface area contributed by atoms with Crippen LogP contribution in [0, 0.1) is 5.92 Å². The lowest BCUT2D eigenvalue weighted by molar-refractivity contribution is -0.131. The van der Waals surface area contributed by atoms with E-state index >= 15 is 0 Å². The van der Waals surface area contributed by atoms with Gasteiger partial charge >= 0.3 is 0 Å². The molecule has 2 rings (SSSR count). The van der Waals surface area contributed by atoms with Crippen molar-refractivity contribution in [1.82, 2.24) is 15.5 Å². The van der Waals surface area contributed by atoms with Crippen molar-refractivity contribution in [2.75, 3.05) is 20.1 Å². The van der Waals surface area contributed by atoms with Crippen molar-refractivity contribution in [2.24, 2.45) is 10.9 Å². The summed E-state index contributed by atoms with van der Waals surface area (Å²) in [4.78, 5) is 20.0. The van der Waals surface area contributed by atoms with Gasteiger partial charge in [0.2, 0.25) is 5.91 Å². The van der Waals surface area contributed by atoms with E-state index in [1.54, 1.807) is 18.4 Å². The summed E-state index contributed by atoms with van der Waals surface area (Å²) in [6.45, 7) is 8.68. The second-order valence-corrected chi connectivity index (χ2v) is 7.36. The first kappa shape index (κ1) is 17.8. The smallest absolute Gasteiger partial charge is 0.224 e. The quantitative estimate of drug-likeness (QED) is 0.640. The predicted molar refractivity (Wildman–Crippen MR) is 96.9 cm³/mol. The number of fused-ring (bicyclic) bond motifs is 1. The van der Waals surface area contributed by atoms with Crippen molar-refractivity contribution in [3.63, 3.8) is 0 Å². The van der Waals surface area contributed by atoms with Gasteiger partial charge in [0.15, 0.2) is 5.96 Å². The van der Waals surface area contributed by atoms with Gasteiger partial charge in [-0.25, -0.2) is 0 Å². The number of carbonyl (C=O) groups is 1. The number of rotatable bonds is 5. The number of aliphatic imine (C=N–C) groups is 1. The Morgan fingerprint density at radius 2 is 2.22 bits per heavy atom. The van der Waals surface area contributed by atoms with Crippen LogP contribution >= 0.6 is 11.3 Å². The zero-order valence-electron chi connectivity index (χ0n) is 14.6. The highest BCUT2D eigenvalue weighted by Gasteiger charge is 2.21. The van der Waals surface area contributed by atoms with Crippen LogP contribution in [0.4, 0.5) is 0 Å². The molecule has 23 heavy (non-hydrogen) atoms. The number of guanidine groups is 1. The molecule has 1 aromatic rings. The minimum atomic E-state index is 0.210. The Hall–Kier alpha value is -1.56. The molecule has 1 aliphatic heterocycles. The van der Waals surface area contributed by atoms with Gasteiger partial charge in [-0.2, -0.15) is 0 Å². The summed E-state index contributed by atoms with van der Waals surface area (Å²) < 4.78 is 0. The van der Waals surface area contributed by atoms with Crippen molar-refractivity contribution >= 4 is 23.2 Å². The van der Waals surface area contributed by atoms with Crippen LogP contribution in [-0.2, 0) is 17.8 Å². The Morgan fingerprint density at radius 1 is 1.43 bits per heavy atom. The lowest BCUT2D eigenvalue weighted by Crippen LogP contribution is -2.45. The minimum absolute atomic E-state index is 0.210. The SMILES string of the molecule is CN=C(NCCC(=O)N1CCc2sccc2C1)NC(C)C(C)C. The van der Waals surface area contributed by atoms with Crippen LogP contribution in [0.25, 0.3) is 0 Å². The fourth-order valence-electron chi connectivity index (χ4n) is 2.48. The van der Waals surface area contributed by atoms with Crippen molar-refractivity contribution < 1.29 is 4.79 Å². The van der Waals surface area contributed by atoms with Crippen molar-refractivity contribution in [3.8, 4) is 0 Å². The van der Waals surface area contributed by atoms with Crippen LogP contribution in [0.5, 0.6) is 0 Å². The van der Waals surface area contributed by atoms with E-state index in [-0.39, 0.29) is 5.91 Å². The Labute approximate surface area is 143 Å². The summed E-state index contributed by atoms with van der Waals surface area (Å²) in [7, 11) is 1.76. The number of amides is 1. The zero-order valence-corrected chi connectivity index (χ0v) is 15.4. The van der Waals surface area contributed by atoms with Crippen molar-refractivity contribution in [1.29, 1.82) is 0 Å². The molecular formula is C17H28N4OS. The molecule has 2 N–H and O–H groups in total. The molecule has 1 unspecified atom stereocenters. The van der Waals surface area contributed by atoms with Gasteiger partial charge in [0.25, 0.3) is 0 Å². The predicted octanol–water partition coefficient (Wildman–Crippen LogP) is 2.23. The Bertz CT molecular complexity index is 553. The molecule has 1 aromatic heterocycles. The van der Waals surface area contributed by atoms with Gasteiger partial charge < -0.3 is 15.5 Å². The third-order valence-corrected chi connectivity index (χ3v) is 5.40. The topological polar surface area (TPSA) is 56.7 Å². The first-order chi connectivity index (χ1) is 11.0. The molecule has 0 saturated heterocycles. The number of nitrogens with one attached hydrogen (secondary N) is 2. The number of carbonyl (C=O) groups excluding carboxylic acids is 1. The van der Waals surface area contributed by atoms with E-state index in [4.69, 9.17) is 0 Å². The Morgan fingerprint density at radius 3 is 2.91 bits per heavy atom. The largest absolute Gasteiger partial charge is 0.356 e. The first-order valence-electron chi connectivity index (χ1n) is 8.31. The highest BCUT2D eigenvalue weighted by molar-refractivity contribution is 7.10. The highest BCUT2D eigenvalue weighted by Crippen LogP contribution is 2.24. The molecular weight excluding hydrogens is 308 g/mol. The molecule has 6 heteroatoms. The van der Waals surface area contributed by atoms with Gasteiger partial charge in [0.1, 0.15) is 0 Å². The maximum Gasteiger partial charge on any atom is 0.224 e. The monoisotopic (exact) mass is 336 g/mol. The molecule has 2 heterocycles. The average Bonchev–Trinajstić information content (AvgIpc) is 3.00. The molecule has 0 aliphatic carbocycles. The molecule has 0 fully saturated rings. The molecule has 0 radical (unpaired) electrons. The number of hydrogen-bond acceptors (Lipinski definition) is 3. The average molecular weight is 337 g/mol. The van der Waals surface area contributed by atoms with Crippen LogP contribution in [0.15, 0.2) is 16.4 Å². The molecule has 0 bridgehead atoms. The fourth-order valence-corrected chi connectivity index (χ4v) is 3.37. The lowest BCUT2D eigenvalue weighted by atomic mass is 10.1. The molecule has 0 spiro atoms. The number of hydrogen-bond donors (Lipinski definition) is 2. The molecule has 0 saturated carbocycles. The second kappa shape index (κ2) is 8.34. The maximum atomic E-state index is 12.4. The third-order valence-electron chi connectivity index (χ3n) is 4.38. The van der Waals surface area contributed by atoms with Crippen LogP contribution in [0.1, 0.15) is 37.6 Å². The van der Waals surface area contributed by atoms with Gasteiger partial charge in [-0.1, -0.05) is 13.8 Å². The number of thiophene rings is 1. The van der Waals surface area contributed by atoms with E-state index in [9.17, 15) is 4.79 Å². The van der Waals surface area contributed by atoms with Gasteiger partial charge in [-0.05, 0) is 36.3 Å². The minimum Gasteiger partial charge on any atom is -0.356 e. The summed E-state index contributed by atoms with van der Waals surface area (Å²) >= 11 is 1.80. The highest BCUT2D eigenvalue weighted by atomic mass is 32.1. The molecule has 128 valence electrons. The van der Waals surface area contributed by atoms with Crippen LogP contribution in [0.3, 0.4) is 0 Å². The molecule has 5 nitrogen and oxygen atoms in total. The number of nitrogens with zero attached hydrogens (tertiary/aromatic N) is 2. The summed E-state index contributed by atoms with van der Waals surface area (Å²) in [6, 6.07) is 2.48. The van der Waals surface area contributed by atoms with Gasteiger partial charge in [-0.15, -0.1) is 11.3 Å². The third kappa shape index (κ3) is 4.96. The standard InChI is InChI=1S/C17H28N4OS/c1-12(2)13(3)20-17(18-4)19-8-5-16(22)21-9-6-15-14(11-21)7-10-23-15/h7,10,12-13H,5-6,8-9,11H2,1-4H3,(H2,18,19,20). The van der Waals surface area contributed by atoms with E-state index in [0.717, 1.165) is 25.5 Å². The van der Waals surface area contributed by atoms with Gasteiger partial charge in [-0.3, -0.25) is 9.79 Å². The van der Waals surface area contributed by atoms with E-state index in [2.05, 4.69) is 47.8 Å². The van der Waals surface area contributed by atoms with Gasteiger partial charge in [0, 0.05) is 44.0 Å². The normalized spacial score (nSPS) is 16.2. The van der Waals surface area contributed by atoms with E-state index in [0.29, 0.717) is 24.9 Å². The van der Waals surface area contributed by atoms with Crippen LogP contribution in [-0.4, -0.2) is 42.9 Å². The zero-order chi connectivity index (χ0) is 16.8. The molecule has 1 aliphatic rings.